The summed E-state index contributed by atoms with van der Waals surface area (Å²) in [6, 6.07) is 1.88. The third kappa shape index (κ3) is 2.31. The lowest BCUT2D eigenvalue weighted by atomic mass is 10.4. The van der Waals surface area contributed by atoms with E-state index in [1.807, 2.05) is 13.1 Å². The van der Waals surface area contributed by atoms with Crippen molar-refractivity contribution in [1.29, 1.82) is 0 Å². The van der Waals surface area contributed by atoms with Crippen molar-refractivity contribution >= 4 is 17.4 Å². The molecule has 0 bridgehead atoms. The van der Waals surface area contributed by atoms with Gasteiger partial charge in [-0.1, -0.05) is 0 Å². The number of halogens is 1. The van der Waals surface area contributed by atoms with Gasteiger partial charge in [-0.15, -0.1) is 0 Å². The molecule has 4 heteroatoms. The van der Waals surface area contributed by atoms with Crippen LogP contribution in [0.5, 0.6) is 0 Å². The van der Waals surface area contributed by atoms with Crippen LogP contribution in [0.1, 0.15) is 12.8 Å². The molecule has 1 heterocycles. The van der Waals surface area contributed by atoms with Crippen molar-refractivity contribution < 1.29 is 0 Å². The largest absolute Gasteiger partial charge is 0.359 e. The Morgan fingerprint density at radius 3 is 3.00 bits per heavy atom. The predicted octanol–water partition coefficient (Wildman–Crippen LogP) is 1.98. The van der Waals surface area contributed by atoms with Gasteiger partial charge in [-0.25, -0.2) is 9.97 Å². The number of nitrogens with zero attached hydrogens (tertiary/aromatic N) is 3. The summed E-state index contributed by atoms with van der Waals surface area (Å²) in [5.41, 5.74) is 0. The fourth-order valence-electron chi connectivity index (χ4n) is 1.32. The molecule has 0 spiro atoms. The predicted molar refractivity (Wildman–Crippen MR) is 53.0 cm³/mol. The summed E-state index contributed by atoms with van der Waals surface area (Å²) in [5, 5.41) is 0.320. The van der Waals surface area contributed by atoms with Crippen LogP contribution in [0.2, 0.25) is 5.28 Å². The molecule has 3 nitrogen and oxygen atoms in total. The van der Waals surface area contributed by atoms with Gasteiger partial charge < -0.3 is 4.90 Å². The maximum absolute atomic E-state index is 5.69. The van der Waals surface area contributed by atoms with Crippen molar-refractivity contribution in [2.24, 2.45) is 5.92 Å². The number of hydrogen-bond donors (Lipinski definition) is 0. The SMILES string of the molecule is CN(CC1CC1)c1ccnc(Cl)n1. The Balaban J connectivity index is 2.04. The average molecular weight is 198 g/mol. The Kier molecular flexibility index (Phi) is 2.36. The molecule has 13 heavy (non-hydrogen) atoms. The molecule has 1 aromatic heterocycles. The highest BCUT2D eigenvalue weighted by atomic mass is 35.5. The zero-order chi connectivity index (χ0) is 9.26. The minimum atomic E-state index is 0.320. The van der Waals surface area contributed by atoms with Gasteiger partial charge in [0.2, 0.25) is 5.28 Å². The molecule has 1 aromatic rings. The van der Waals surface area contributed by atoms with Crippen LogP contribution in [-0.4, -0.2) is 23.6 Å². The molecule has 1 saturated carbocycles. The van der Waals surface area contributed by atoms with E-state index in [0.29, 0.717) is 5.28 Å². The van der Waals surface area contributed by atoms with Crippen LogP contribution in [0.4, 0.5) is 5.82 Å². The van der Waals surface area contributed by atoms with E-state index in [1.54, 1.807) is 6.20 Å². The van der Waals surface area contributed by atoms with E-state index in [9.17, 15) is 0 Å². The zero-order valence-corrected chi connectivity index (χ0v) is 8.33. The van der Waals surface area contributed by atoms with Crippen molar-refractivity contribution in [2.75, 3.05) is 18.5 Å². The maximum Gasteiger partial charge on any atom is 0.224 e. The van der Waals surface area contributed by atoms with Crippen molar-refractivity contribution in [2.45, 2.75) is 12.8 Å². The van der Waals surface area contributed by atoms with Gasteiger partial charge in [0.1, 0.15) is 5.82 Å². The minimum absolute atomic E-state index is 0.320. The molecular weight excluding hydrogens is 186 g/mol. The fourth-order valence-corrected chi connectivity index (χ4v) is 1.46. The summed E-state index contributed by atoms with van der Waals surface area (Å²) in [6.45, 7) is 1.08. The van der Waals surface area contributed by atoms with E-state index in [0.717, 1.165) is 18.3 Å². The van der Waals surface area contributed by atoms with E-state index < -0.39 is 0 Å². The Labute approximate surface area is 82.8 Å². The van der Waals surface area contributed by atoms with Gasteiger partial charge in [0.05, 0.1) is 0 Å². The molecule has 0 unspecified atom stereocenters. The van der Waals surface area contributed by atoms with E-state index in [4.69, 9.17) is 11.6 Å². The van der Waals surface area contributed by atoms with Crippen molar-refractivity contribution in [3.63, 3.8) is 0 Å². The zero-order valence-electron chi connectivity index (χ0n) is 7.57. The molecule has 0 radical (unpaired) electrons. The van der Waals surface area contributed by atoms with Crippen LogP contribution >= 0.6 is 11.6 Å². The first-order valence-electron chi connectivity index (χ1n) is 4.45. The second-order valence-corrected chi connectivity index (χ2v) is 3.85. The van der Waals surface area contributed by atoms with E-state index in [-0.39, 0.29) is 0 Å². The molecule has 0 atom stereocenters. The Hall–Kier alpha value is -0.830. The van der Waals surface area contributed by atoms with Gasteiger partial charge in [-0.2, -0.15) is 0 Å². The molecule has 0 N–H and O–H groups in total. The summed E-state index contributed by atoms with van der Waals surface area (Å²) in [4.78, 5) is 10.1. The highest BCUT2D eigenvalue weighted by Gasteiger charge is 2.23. The number of hydrogen-bond acceptors (Lipinski definition) is 3. The van der Waals surface area contributed by atoms with E-state index in [1.165, 1.54) is 12.8 Å². The smallest absolute Gasteiger partial charge is 0.224 e. The van der Waals surface area contributed by atoms with Gasteiger partial charge >= 0.3 is 0 Å². The van der Waals surface area contributed by atoms with Crippen LogP contribution in [0, 0.1) is 5.92 Å². The maximum atomic E-state index is 5.69. The Morgan fingerprint density at radius 1 is 1.62 bits per heavy atom. The molecule has 0 saturated heterocycles. The van der Waals surface area contributed by atoms with Gasteiger partial charge in [-0.3, -0.25) is 0 Å². The summed E-state index contributed by atoms with van der Waals surface area (Å²) < 4.78 is 0. The topological polar surface area (TPSA) is 29.0 Å². The monoisotopic (exact) mass is 197 g/mol. The molecule has 2 rings (SSSR count). The highest BCUT2D eigenvalue weighted by Crippen LogP contribution is 2.30. The van der Waals surface area contributed by atoms with Crippen molar-refractivity contribution in [3.05, 3.63) is 17.5 Å². The van der Waals surface area contributed by atoms with Gasteiger partial charge in [0, 0.05) is 19.8 Å². The molecule has 1 fully saturated rings. The lowest BCUT2D eigenvalue weighted by molar-refractivity contribution is 0.775. The third-order valence-electron chi connectivity index (χ3n) is 2.23. The number of aromatic nitrogens is 2. The first-order valence-corrected chi connectivity index (χ1v) is 4.83. The molecule has 1 aliphatic rings. The van der Waals surface area contributed by atoms with Crippen molar-refractivity contribution in [1.82, 2.24) is 9.97 Å². The molecule has 1 aliphatic carbocycles. The summed E-state index contributed by atoms with van der Waals surface area (Å²) in [6.07, 6.45) is 4.39. The molecular formula is C9H12ClN3. The number of rotatable bonds is 3. The lowest BCUT2D eigenvalue weighted by Gasteiger charge is -2.17. The van der Waals surface area contributed by atoms with E-state index in [2.05, 4.69) is 14.9 Å². The summed E-state index contributed by atoms with van der Waals surface area (Å²) in [5.74, 6) is 1.77. The van der Waals surface area contributed by atoms with Crippen molar-refractivity contribution in [3.8, 4) is 0 Å². The first-order chi connectivity index (χ1) is 6.25. The quantitative estimate of drug-likeness (QED) is 0.694. The number of anilines is 1. The standard InChI is InChI=1S/C9H12ClN3/c1-13(6-7-2-3-7)8-4-5-11-9(10)12-8/h4-5,7H,2-3,6H2,1H3. The van der Waals surface area contributed by atoms with Crippen LogP contribution in [0.25, 0.3) is 0 Å². The second-order valence-electron chi connectivity index (χ2n) is 3.51. The summed E-state index contributed by atoms with van der Waals surface area (Å²) in [7, 11) is 2.04. The van der Waals surface area contributed by atoms with Crippen LogP contribution < -0.4 is 4.90 Å². The summed E-state index contributed by atoms with van der Waals surface area (Å²) >= 11 is 5.69. The third-order valence-corrected chi connectivity index (χ3v) is 2.41. The lowest BCUT2D eigenvalue weighted by Crippen LogP contribution is -2.21. The molecule has 0 aromatic carbocycles. The highest BCUT2D eigenvalue weighted by molar-refractivity contribution is 6.28. The van der Waals surface area contributed by atoms with Crippen LogP contribution in [0.15, 0.2) is 12.3 Å². The van der Waals surface area contributed by atoms with Gasteiger partial charge in [0.15, 0.2) is 0 Å². The average Bonchev–Trinajstić information content (AvgIpc) is 2.88. The van der Waals surface area contributed by atoms with Crippen LogP contribution in [0.3, 0.4) is 0 Å². The second kappa shape index (κ2) is 3.50. The fraction of sp³-hybridized carbons (Fsp3) is 0.556. The molecule has 0 amide bonds. The normalized spacial score (nSPS) is 15.8. The molecule has 0 aliphatic heterocycles. The Bertz CT molecular complexity index is 299. The first kappa shape index (κ1) is 8.75. The van der Waals surface area contributed by atoms with E-state index >= 15 is 0 Å². The molecule has 70 valence electrons. The van der Waals surface area contributed by atoms with Gasteiger partial charge in [0.25, 0.3) is 0 Å². The van der Waals surface area contributed by atoms with Crippen LogP contribution in [-0.2, 0) is 0 Å². The minimum Gasteiger partial charge on any atom is -0.359 e. The van der Waals surface area contributed by atoms with Gasteiger partial charge in [-0.05, 0) is 36.4 Å². The Morgan fingerprint density at radius 2 is 2.38 bits per heavy atom.